The summed E-state index contributed by atoms with van der Waals surface area (Å²) in [5.41, 5.74) is 1.24. The molecular weight excluding hydrogens is 334 g/mol. The van der Waals surface area contributed by atoms with Crippen molar-refractivity contribution in [1.29, 1.82) is 0 Å². The molecule has 0 unspecified atom stereocenters. The van der Waals surface area contributed by atoms with Crippen LogP contribution >= 0.6 is 0 Å². The van der Waals surface area contributed by atoms with Crippen molar-refractivity contribution in [2.24, 2.45) is 0 Å². The average molecular weight is 353 g/mol. The average Bonchev–Trinajstić information content (AvgIpc) is 3.23. The molecule has 2 aromatic rings. The van der Waals surface area contributed by atoms with Crippen molar-refractivity contribution in [2.75, 3.05) is 0 Å². The number of oxazole rings is 1. The summed E-state index contributed by atoms with van der Waals surface area (Å²) in [5, 5.41) is 0. The van der Waals surface area contributed by atoms with Gasteiger partial charge < -0.3 is 4.42 Å². The van der Waals surface area contributed by atoms with Gasteiger partial charge in [-0.05, 0) is 25.0 Å². The molecule has 2 heterocycles. The lowest BCUT2D eigenvalue weighted by molar-refractivity contribution is -0.144. The summed E-state index contributed by atoms with van der Waals surface area (Å²) in [5.74, 6) is -1.10. The first kappa shape index (κ1) is 16.5. The van der Waals surface area contributed by atoms with Crippen molar-refractivity contribution >= 4 is 17.8 Å². The van der Waals surface area contributed by atoms with Gasteiger partial charge in [-0.2, -0.15) is 0 Å². The topological polar surface area (TPSA) is 83.7 Å². The number of hydrogen-bond donors (Lipinski definition) is 0. The maximum absolute atomic E-state index is 12.7. The maximum atomic E-state index is 12.7. The number of carbonyl (C=O) groups excluding carboxylic acids is 3. The minimum atomic E-state index is -0.787. The zero-order valence-electron chi connectivity index (χ0n) is 14.3. The largest absolute Gasteiger partial charge is 0.444 e. The molecule has 1 aliphatic heterocycles. The third-order valence-electron chi connectivity index (χ3n) is 4.92. The molecule has 134 valence electrons. The van der Waals surface area contributed by atoms with E-state index < -0.39 is 17.8 Å². The van der Waals surface area contributed by atoms with Crippen LogP contribution < -0.4 is 0 Å². The van der Waals surface area contributed by atoms with E-state index in [4.69, 9.17) is 4.42 Å². The number of urea groups is 1. The molecule has 1 aromatic heterocycles. The summed E-state index contributed by atoms with van der Waals surface area (Å²) in [4.78, 5) is 43.7. The molecule has 0 bridgehead atoms. The predicted molar refractivity (Wildman–Crippen MR) is 91.6 cm³/mol. The van der Waals surface area contributed by atoms with E-state index in [1.165, 1.54) is 6.26 Å². The predicted octanol–water partition coefficient (Wildman–Crippen LogP) is 2.97. The van der Waals surface area contributed by atoms with Crippen LogP contribution in [0.1, 0.15) is 37.8 Å². The fourth-order valence-electron chi connectivity index (χ4n) is 3.58. The summed E-state index contributed by atoms with van der Waals surface area (Å²) < 4.78 is 5.44. The molecule has 1 aromatic carbocycles. The van der Waals surface area contributed by atoms with Crippen molar-refractivity contribution in [1.82, 2.24) is 14.8 Å². The third kappa shape index (κ3) is 2.89. The molecule has 2 fully saturated rings. The lowest BCUT2D eigenvalue weighted by Gasteiger charge is -2.28. The van der Waals surface area contributed by atoms with E-state index in [1.807, 2.05) is 30.3 Å². The van der Waals surface area contributed by atoms with Gasteiger partial charge in [-0.25, -0.2) is 14.7 Å². The Morgan fingerprint density at radius 2 is 1.73 bits per heavy atom. The molecule has 7 heteroatoms. The molecular formula is C19H19N3O4. The Bertz CT molecular complexity index is 839. The molecule has 1 saturated carbocycles. The molecule has 2 aliphatic rings. The fourth-order valence-corrected chi connectivity index (χ4v) is 3.58. The highest BCUT2D eigenvalue weighted by Crippen LogP contribution is 2.28. The molecule has 0 spiro atoms. The molecule has 0 atom stereocenters. The van der Waals surface area contributed by atoms with Crippen LogP contribution in [-0.4, -0.2) is 38.7 Å². The van der Waals surface area contributed by atoms with E-state index in [1.54, 1.807) is 0 Å². The van der Waals surface area contributed by atoms with Crippen LogP contribution in [0.5, 0.6) is 0 Å². The van der Waals surface area contributed by atoms with Crippen molar-refractivity contribution in [2.45, 2.75) is 44.7 Å². The molecule has 0 radical (unpaired) electrons. The molecule has 26 heavy (non-hydrogen) atoms. The van der Waals surface area contributed by atoms with Crippen molar-refractivity contribution in [3.63, 3.8) is 0 Å². The van der Waals surface area contributed by atoms with Gasteiger partial charge in [0.25, 0.3) is 0 Å². The number of imide groups is 2. The number of carbonyl (C=O) groups is 3. The zero-order valence-corrected chi connectivity index (χ0v) is 14.3. The second-order valence-corrected chi connectivity index (χ2v) is 6.65. The maximum Gasteiger partial charge on any atom is 0.334 e. The highest BCUT2D eigenvalue weighted by molar-refractivity contribution is 6.44. The third-order valence-corrected chi connectivity index (χ3v) is 4.92. The van der Waals surface area contributed by atoms with Gasteiger partial charge in [0.2, 0.25) is 5.89 Å². The van der Waals surface area contributed by atoms with E-state index >= 15 is 0 Å². The highest BCUT2D eigenvalue weighted by Gasteiger charge is 2.47. The lowest BCUT2D eigenvalue weighted by Crippen LogP contribution is -2.42. The fraction of sp³-hybridized carbons (Fsp3) is 0.368. The van der Waals surface area contributed by atoms with Gasteiger partial charge in [-0.3, -0.25) is 14.5 Å². The summed E-state index contributed by atoms with van der Waals surface area (Å²) in [6.45, 7) is -0.0665. The molecule has 4 rings (SSSR count). The van der Waals surface area contributed by atoms with Crippen LogP contribution in [0.25, 0.3) is 11.5 Å². The van der Waals surface area contributed by atoms with E-state index in [0.717, 1.165) is 47.5 Å². The number of aromatic nitrogens is 1. The Morgan fingerprint density at radius 3 is 2.46 bits per heavy atom. The first-order chi connectivity index (χ1) is 12.6. The van der Waals surface area contributed by atoms with Gasteiger partial charge >= 0.3 is 17.8 Å². The monoisotopic (exact) mass is 353 g/mol. The molecule has 1 aliphatic carbocycles. The molecule has 7 nitrogen and oxygen atoms in total. The van der Waals surface area contributed by atoms with Crippen molar-refractivity contribution in [3.8, 4) is 11.5 Å². The molecule has 0 N–H and O–H groups in total. The van der Waals surface area contributed by atoms with Crippen molar-refractivity contribution < 1.29 is 18.8 Å². The Balaban J connectivity index is 1.51. The Labute approximate surface area is 150 Å². The number of nitrogens with zero attached hydrogens (tertiary/aromatic N) is 3. The number of benzene rings is 1. The second kappa shape index (κ2) is 6.74. The lowest BCUT2D eigenvalue weighted by atomic mass is 9.94. The SMILES string of the molecule is O=C1C(=O)N(C2CCCCC2)C(=O)N1Cc1coc(-c2ccccc2)n1. The summed E-state index contributed by atoms with van der Waals surface area (Å²) in [6, 6.07) is 8.62. The highest BCUT2D eigenvalue weighted by atomic mass is 16.3. The Kier molecular flexibility index (Phi) is 4.28. The van der Waals surface area contributed by atoms with E-state index in [0.29, 0.717) is 11.6 Å². The van der Waals surface area contributed by atoms with Gasteiger partial charge in [0.1, 0.15) is 6.26 Å². The van der Waals surface area contributed by atoms with Crippen LogP contribution in [-0.2, 0) is 16.1 Å². The smallest absolute Gasteiger partial charge is 0.334 e. The quantitative estimate of drug-likeness (QED) is 0.623. The van der Waals surface area contributed by atoms with E-state index in [2.05, 4.69) is 4.98 Å². The van der Waals surface area contributed by atoms with E-state index in [9.17, 15) is 14.4 Å². The zero-order chi connectivity index (χ0) is 18.1. The van der Waals surface area contributed by atoms with Gasteiger partial charge in [-0.1, -0.05) is 37.5 Å². The molecule has 1 saturated heterocycles. The number of amides is 4. The number of hydrogen-bond acceptors (Lipinski definition) is 5. The van der Waals surface area contributed by atoms with Crippen molar-refractivity contribution in [3.05, 3.63) is 42.3 Å². The summed E-state index contributed by atoms with van der Waals surface area (Å²) in [7, 11) is 0. The van der Waals surface area contributed by atoms with Crippen LogP contribution in [0.3, 0.4) is 0 Å². The van der Waals surface area contributed by atoms with E-state index in [-0.39, 0.29) is 12.6 Å². The first-order valence-corrected chi connectivity index (χ1v) is 8.84. The van der Waals surface area contributed by atoms with Crippen LogP contribution in [0.4, 0.5) is 4.79 Å². The van der Waals surface area contributed by atoms with Crippen LogP contribution in [0.2, 0.25) is 0 Å². The van der Waals surface area contributed by atoms with Gasteiger partial charge in [0.15, 0.2) is 0 Å². The summed E-state index contributed by atoms with van der Waals surface area (Å²) in [6.07, 6.45) is 5.99. The normalized spacial score (nSPS) is 18.8. The minimum Gasteiger partial charge on any atom is -0.444 e. The van der Waals surface area contributed by atoms with Crippen LogP contribution in [0.15, 0.2) is 41.0 Å². The second-order valence-electron chi connectivity index (χ2n) is 6.65. The number of rotatable bonds is 4. The summed E-state index contributed by atoms with van der Waals surface area (Å²) >= 11 is 0. The standard InChI is InChI=1S/C19H19N3O4/c23-17-18(24)22(15-9-5-2-6-10-15)19(25)21(17)11-14-12-26-16(20-14)13-7-3-1-4-8-13/h1,3-4,7-8,12,15H,2,5-6,9-11H2. The van der Waals surface area contributed by atoms with Crippen LogP contribution in [0, 0.1) is 0 Å². The minimum absolute atomic E-state index is 0.0665. The Morgan fingerprint density at radius 1 is 1.00 bits per heavy atom. The van der Waals surface area contributed by atoms with Gasteiger partial charge in [-0.15, -0.1) is 0 Å². The molecule has 4 amide bonds. The van der Waals surface area contributed by atoms with Gasteiger partial charge in [0.05, 0.1) is 12.2 Å². The van der Waals surface area contributed by atoms with Gasteiger partial charge in [0, 0.05) is 11.6 Å². The Hall–Kier alpha value is -2.96. The first-order valence-electron chi connectivity index (χ1n) is 8.84.